The highest BCUT2D eigenvalue weighted by molar-refractivity contribution is 7.98. The summed E-state index contributed by atoms with van der Waals surface area (Å²) in [7, 11) is 0. The predicted molar refractivity (Wildman–Crippen MR) is 81.8 cm³/mol. The molecule has 5 nitrogen and oxygen atoms in total. The molecule has 116 valence electrons. The molecule has 1 fully saturated rings. The molecule has 1 rings (SSSR count). The van der Waals surface area contributed by atoms with Gasteiger partial charge in [0.25, 0.3) is 0 Å². The van der Waals surface area contributed by atoms with Gasteiger partial charge >= 0.3 is 5.97 Å². The Morgan fingerprint density at radius 2 is 1.90 bits per heavy atom. The Kier molecular flexibility index (Phi) is 7.37. The largest absolute Gasteiger partial charge is 0.480 e. The predicted octanol–water partition coefficient (Wildman–Crippen LogP) is 1.61. The fraction of sp³-hybridized carbons (Fsp3) is 0.857. The van der Waals surface area contributed by atoms with Crippen LogP contribution in [0.15, 0.2) is 0 Å². The molecule has 0 aromatic heterocycles. The minimum atomic E-state index is -0.965. The smallest absolute Gasteiger partial charge is 0.326 e. The van der Waals surface area contributed by atoms with E-state index in [1.54, 1.807) is 11.8 Å². The zero-order valence-corrected chi connectivity index (χ0v) is 13.0. The first-order valence-electron chi connectivity index (χ1n) is 7.28. The maximum absolute atomic E-state index is 12.5. The lowest BCUT2D eigenvalue weighted by Crippen LogP contribution is -2.51. The van der Waals surface area contributed by atoms with Gasteiger partial charge in [-0.15, -0.1) is 0 Å². The molecule has 0 aliphatic heterocycles. The molecule has 1 aliphatic rings. The van der Waals surface area contributed by atoms with Crippen molar-refractivity contribution in [2.75, 3.05) is 18.6 Å². The molecule has 0 radical (unpaired) electrons. The van der Waals surface area contributed by atoms with Gasteiger partial charge in [0.2, 0.25) is 5.91 Å². The minimum absolute atomic E-state index is 0.171. The molecule has 0 saturated heterocycles. The van der Waals surface area contributed by atoms with Gasteiger partial charge in [-0.05, 0) is 31.3 Å². The van der Waals surface area contributed by atoms with Crippen LogP contribution in [0.1, 0.15) is 44.9 Å². The third kappa shape index (κ3) is 4.66. The van der Waals surface area contributed by atoms with Crippen LogP contribution in [0.3, 0.4) is 0 Å². The average molecular weight is 302 g/mol. The van der Waals surface area contributed by atoms with Crippen LogP contribution in [0, 0.1) is 5.41 Å². The summed E-state index contributed by atoms with van der Waals surface area (Å²) in [6.45, 7) is 0.299. The number of amides is 1. The van der Waals surface area contributed by atoms with Crippen LogP contribution in [-0.4, -0.2) is 41.6 Å². The molecular formula is C14H26N2O3S. The highest BCUT2D eigenvalue weighted by Crippen LogP contribution is 2.34. The van der Waals surface area contributed by atoms with Gasteiger partial charge in [0.1, 0.15) is 6.04 Å². The van der Waals surface area contributed by atoms with E-state index in [2.05, 4.69) is 5.32 Å². The summed E-state index contributed by atoms with van der Waals surface area (Å²) in [6.07, 6.45) is 8.15. The summed E-state index contributed by atoms with van der Waals surface area (Å²) in [5.41, 5.74) is 5.28. The quantitative estimate of drug-likeness (QED) is 0.621. The Balaban J connectivity index is 2.71. The van der Waals surface area contributed by atoms with E-state index in [1.807, 2.05) is 6.26 Å². The first kappa shape index (κ1) is 17.3. The van der Waals surface area contributed by atoms with Gasteiger partial charge in [-0.3, -0.25) is 4.79 Å². The molecule has 1 atom stereocenters. The van der Waals surface area contributed by atoms with Gasteiger partial charge in [-0.1, -0.05) is 25.7 Å². The molecule has 0 aromatic rings. The lowest BCUT2D eigenvalue weighted by Gasteiger charge is -2.31. The normalized spacial score (nSPS) is 19.9. The van der Waals surface area contributed by atoms with Crippen LogP contribution in [0.25, 0.3) is 0 Å². The molecule has 0 spiro atoms. The number of thioether (sulfide) groups is 1. The summed E-state index contributed by atoms with van der Waals surface area (Å²) < 4.78 is 0. The van der Waals surface area contributed by atoms with E-state index in [0.29, 0.717) is 18.7 Å². The number of hydrogen-bond acceptors (Lipinski definition) is 4. The maximum atomic E-state index is 12.5. The maximum Gasteiger partial charge on any atom is 0.326 e. The monoisotopic (exact) mass is 302 g/mol. The first-order valence-corrected chi connectivity index (χ1v) is 8.68. The van der Waals surface area contributed by atoms with E-state index < -0.39 is 17.4 Å². The fourth-order valence-corrected chi connectivity index (χ4v) is 3.21. The second-order valence-corrected chi connectivity index (χ2v) is 6.53. The highest BCUT2D eigenvalue weighted by Gasteiger charge is 2.38. The van der Waals surface area contributed by atoms with Crippen LogP contribution < -0.4 is 11.1 Å². The Bertz CT molecular complexity index is 328. The molecule has 0 bridgehead atoms. The number of hydrogen-bond donors (Lipinski definition) is 3. The second-order valence-electron chi connectivity index (χ2n) is 5.54. The highest BCUT2D eigenvalue weighted by atomic mass is 32.2. The van der Waals surface area contributed by atoms with Crippen molar-refractivity contribution >= 4 is 23.6 Å². The summed E-state index contributed by atoms with van der Waals surface area (Å²) in [5.74, 6) is -0.420. The van der Waals surface area contributed by atoms with Crippen molar-refractivity contribution in [2.45, 2.75) is 51.0 Å². The summed E-state index contributed by atoms with van der Waals surface area (Å²) in [4.78, 5) is 23.7. The van der Waals surface area contributed by atoms with Crippen molar-refractivity contribution in [2.24, 2.45) is 11.1 Å². The van der Waals surface area contributed by atoms with E-state index in [1.165, 1.54) is 0 Å². The topological polar surface area (TPSA) is 92.4 Å². The standard InChI is InChI=1S/C14H26N2O3S/c1-20-9-6-11(12(17)18)16-13(19)14(10-15)7-4-2-3-5-8-14/h11H,2-10,15H2,1H3,(H,16,19)(H,17,18)/t11-/m1/s1. The SMILES string of the molecule is CSCC[C@@H](NC(=O)C1(CN)CCCCCC1)C(=O)O. The number of nitrogens with one attached hydrogen (secondary N) is 1. The Morgan fingerprint density at radius 1 is 1.30 bits per heavy atom. The molecule has 1 saturated carbocycles. The Morgan fingerprint density at radius 3 is 2.35 bits per heavy atom. The first-order chi connectivity index (χ1) is 9.55. The van der Waals surface area contributed by atoms with E-state index in [-0.39, 0.29) is 5.91 Å². The lowest BCUT2D eigenvalue weighted by molar-refractivity contribution is -0.144. The van der Waals surface area contributed by atoms with Gasteiger partial charge in [-0.2, -0.15) is 11.8 Å². The molecule has 1 aliphatic carbocycles. The van der Waals surface area contributed by atoms with Gasteiger partial charge in [0, 0.05) is 6.54 Å². The van der Waals surface area contributed by atoms with Crippen molar-refractivity contribution in [1.82, 2.24) is 5.32 Å². The summed E-state index contributed by atoms with van der Waals surface area (Å²) in [5, 5.41) is 11.9. The molecular weight excluding hydrogens is 276 g/mol. The molecule has 6 heteroatoms. The van der Waals surface area contributed by atoms with Crippen molar-refractivity contribution < 1.29 is 14.7 Å². The fourth-order valence-electron chi connectivity index (χ4n) is 2.73. The van der Waals surface area contributed by atoms with Crippen LogP contribution in [0.4, 0.5) is 0 Å². The van der Waals surface area contributed by atoms with Gasteiger partial charge in [0.15, 0.2) is 0 Å². The molecule has 0 unspecified atom stereocenters. The van der Waals surface area contributed by atoms with Gasteiger partial charge in [-0.25, -0.2) is 4.79 Å². The molecule has 4 N–H and O–H groups in total. The third-order valence-electron chi connectivity index (χ3n) is 4.15. The second kappa shape index (κ2) is 8.52. The number of nitrogens with two attached hydrogens (primary N) is 1. The lowest BCUT2D eigenvalue weighted by atomic mass is 9.79. The summed E-state index contributed by atoms with van der Waals surface area (Å²) in [6, 6.07) is -0.804. The van der Waals surface area contributed by atoms with Crippen molar-refractivity contribution in [3.05, 3.63) is 0 Å². The van der Waals surface area contributed by atoms with E-state index in [4.69, 9.17) is 5.73 Å². The zero-order chi connectivity index (χ0) is 15.0. The number of carboxylic acid groups (broad SMARTS) is 1. The van der Waals surface area contributed by atoms with E-state index in [9.17, 15) is 14.7 Å². The Labute approximate surface area is 125 Å². The number of carbonyl (C=O) groups excluding carboxylic acids is 1. The number of rotatable bonds is 7. The van der Waals surface area contributed by atoms with Crippen LogP contribution in [-0.2, 0) is 9.59 Å². The van der Waals surface area contributed by atoms with Crippen LogP contribution in [0.2, 0.25) is 0 Å². The van der Waals surface area contributed by atoms with Crippen molar-refractivity contribution in [3.8, 4) is 0 Å². The number of aliphatic carboxylic acids is 1. The zero-order valence-electron chi connectivity index (χ0n) is 12.2. The van der Waals surface area contributed by atoms with E-state index >= 15 is 0 Å². The molecule has 1 amide bonds. The van der Waals surface area contributed by atoms with Crippen LogP contribution in [0.5, 0.6) is 0 Å². The molecule has 20 heavy (non-hydrogen) atoms. The van der Waals surface area contributed by atoms with Gasteiger partial charge in [0.05, 0.1) is 5.41 Å². The number of carboxylic acids is 1. The molecule has 0 aromatic carbocycles. The third-order valence-corrected chi connectivity index (χ3v) is 4.79. The van der Waals surface area contributed by atoms with Crippen LogP contribution >= 0.6 is 11.8 Å². The van der Waals surface area contributed by atoms with Crippen molar-refractivity contribution in [1.29, 1.82) is 0 Å². The van der Waals surface area contributed by atoms with E-state index in [0.717, 1.165) is 38.5 Å². The number of carbonyl (C=O) groups is 2. The van der Waals surface area contributed by atoms with Crippen molar-refractivity contribution in [3.63, 3.8) is 0 Å². The molecule has 0 heterocycles. The summed E-state index contributed by atoms with van der Waals surface area (Å²) >= 11 is 1.58. The Hall–Kier alpha value is -0.750. The average Bonchev–Trinajstić information content (AvgIpc) is 2.69. The minimum Gasteiger partial charge on any atom is -0.480 e. The van der Waals surface area contributed by atoms with Gasteiger partial charge < -0.3 is 16.2 Å².